The van der Waals surface area contributed by atoms with E-state index in [0.717, 1.165) is 19.4 Å². The maximum absolute atomic E-state index is 5.96. The summed E-state index contributed by atoms with van der Waals surface area (Å²) in [5.41, 5.74) is 0. The Balaban J connectivity index is 2.17. The van der Waals surface area contributed by atoms with Gasteiger partial charge >= 0.3 is 0 Å². The first-order valence-corrected chi connectivity index (χ1v) is 10.1. The summed E-state index contributed by atoms with van der Waals surface area (Å²) in [5, 5.41) is 0.237. The molecule has 1 heterocycles. The van der Waals surface area contributed by atoms with Crippen LogP contribution in [0.25, 0.3) is 0 Å². The van der Waals surface area contributed by atoms with Crippen LogP contribution in [0.5, 0.6) is 0 Å². The number of ether oxygens (including phenoxy) is 2. The molecule has 0 bridgehead atoms. The minimum absolute atomic E-state index is 0.0515. The predicted molar refractivity (Wildman–Crippen MR) is 80.5 cm³/mol. The summed E-state index contributed by atoms with van der Waals surface area (Å²) in [6.07, 6.45) is 3.27. The SMILES string of the molecule is CC(C)(C)[Si](C)(C)OCC#CCOC1CCCCO1. The van der Waals surface area contributed by atoms with Crippen molar-refractivity contribution in [3.8, 4) is 11.8 Å². The average Bonchev–Trinajstić information content (AvgIpc) is 2.33. The maximum atomic E-state index is 5.96. The Labute approximate surface area is 119 Å². The van der Waals surface area contributed by atoms with E-state index < -0.39 is 8.32 Å². The molecule has 1 fully saturated rings. The van der Waals surface area contributed by atoms with Gasteiger partial charge in [-0.15, -0.1) is 0 Å². The van der Waals surface area contributed by atoms with Crippen LogP contribution in [-0.4, -0.2) is 34.4 Å². The molecule has 3 nitrogen and oxygen atoms in total. The molecule has 0 spiro atoms. The van der Waals surface area contributed by atoms with E-state index in [-0.39, 0.29) is 11.3 Å². The fourth-order valence-corrected chi connectivity index (χ4v) is 2.38. The number of rotatable bonds is 4. The molecule has 0 aromatic heterocycles. The third kappa shape index (κ3) is 6.09. The highest BCUT2D eigenvalue weighted by Crippen LogP contribution is 2.36. The lowest BCUT2D eigenvalue weighted by atomic mass is 10.2. The van der Waals surface area contributed by atoms with Gasteiger partial charge in [-0.05, 0) is 37.4 Å². The van der Waals surface area contributed by atoms with Crippen molar-refractivity contribution in [2.45, 2.75) is 64.5 Å². The molecule has 0 aromatic carbocycles. The molecule has 1 aliphatic heterocycles. The normalized spacial score (nSPS) is 20.8. The number of hydrogen-bond donors (Lipinski definition) is 0. The van der Waals surface area contributed by atoms with Crippen LogP contribution in [0.1, 0.15) is 40.0 Å². The zero-order valence-electron chi connectivity index (χ0n) is 13.0. The Hall–Kier alpha value is -0.343. The van der Waals surface area contributed by atoms with Crippen molar-refractivity contribution in [3.63, 3.8) is 0 Å². The molecule has 1 saturated heterocycles. The maximum Gasteiger partial charge on any atom is 0.193 e. The van der Waals surface area contributed by atoms with Crippen molar-refractivity contribution in [1.29, 1.82) is 0 Å². The van der Waals surface area contributed by atoms with E-state index in [1.165, 1.54) is 6.42 Å². The van der Waals surface area contributed by atoms with Gasteiger partial charge in [-0.1, -0.05) is 32.6 Å². The van der Waals surface area contributed by atoms with E-state index in [0.29, 0.717) is 13.2 Å². The lowest BCUT2D eigenvalue weighted by Gasteiger charge is -2.35. The quantitative estimate of drug-likeness (QED) is 0.583. The predicted octanol–water partition coefficient (Wildman–Crippen LogP) is 3.55. The van der Waals surface area contributed by atoms with E-state index in [1.807, 2.05) is 0 Å². The van der Waals surface area contributed by atoms with Crippen molar-refractivity contribution in [2.24, 2.45) is 0 Å². The van der Waals surface area contributed by atoms with Gasteiger partial charge < -0.3 is 13.9 Å². The van der Waals surface area contributed by atoms with E-state index in [4.69, 9.17) is 13.9 Å². The summed E-state index contributed by atoms with van der Waals surface area (Å²) in [6.45, 7) is 12.9. The molecule has 4 heteroatoms. The van der Waals surface area contributed by atoms with Gasteiger partial charge in [0.2, 0.25) is 0 Å². The van der Waals surface area contributed by atoms with Crippen LogP contribution in [0.2, 0.25) is 18.1 Å². The zero-order valence-corrected chi connectivity index (χ0v) is 14.0. The Kier molecular flexibility index (Phi) is 6.55. The Morgan fingerprint density at radius 3 is 2.42 bits per heavy atom. The summed E-state index contributed by atoms with van der Waals surface area (Å²) < 4.78 is 17.0. The van der Waals surface area contributed by atoms with Crippen LogP contribution in [0.4, 0.5) is 0 Å². The standard InChI is InChI=1S/C15H28O3Si/c1-15(2,3)19(4,5)18-13-9-8-12-17-14-10-6-7-11-16-14/h14H,6-7,10-13H2,1-5H3. The fourth-order valence-electron chi connectivity index (χ4n) is 1.51. The van der Waals surface area contributed by atoms with Crippen molar-refractivity contribution in [1.82, 2.24) is 0 Å². The van der Waals surface area contributed by atoms with Crippen LogP contribution in [0.3, 0.4) is 0 Å². The van der Waals surface area contributed by atoms with Crippen LogP contribution < -0.4 is 0 Å². The van der Waals surface area contributed by atoms with Gasteiger partial charge in [0.1, 0.15) is 6.61 Å². The summed E-state index contributed by atoms with van der Waals surface area (Å²) in [4.78, 5) is 0. The first-order valence-electron chi connectivity index (χ1n) is 7.16. The molecule has 0 saturated carbocycles. The van der Waals surface area contributed by atoms with Gasteiger partial charge in [-0.25, -0.2) is 0 Å². The second-order valence-electron chi connectivity index (χ2n) is 6.51. The highest BCUT2D eigenvalue weighted by molar-refractivity contribution is 6.74. The van der Waals surface area contributed by atoms with Gasteiger partial charge in [-0.2, -0.15) is 0 Å². The monoisotopic (exact) mass is 284 g/mol. The van der Waals surface area contributed by atoms with E-state index in [2.05, 4.69) is 45.7 Å². The first-order chi connectivity index (χ1) is 8.83. The lowest BCUT2D eigenvalue weighted by molar-refractivity contribution is -0.154. The summed E-state index contributed by atoms with van der Waals surface area (Å²) in [5.74, 6) is 6.04. The molecular weight excluding hydrogens is 256 g/mol. The molecule has 0 amide bonds. The van der Waals surface area contributed by atoms with Crippen LogP contribution in [-0.2, 0) is 13.9 Å². The topological polar surface area (TPSA) is 27.7 Å². The Morgan fingerprint density at radius 2 is 1.84 bits per heavy atom. The molecule has 0 radical (unpaired) electrons. The van der Waals surface area contributed by atoms with E-state index in [1.54, 1.807) is 0 Å². The van der Waals surface area contributed by atoms with Crippen LogP contribution in [0, 0.1) is 11.8 Å². The third-order valence-electron chi connectivity index (χ3n) is 3.92. The molecule has 1 unspecified atom stereocenters. The first kappa shape index (κ1) is 16.7. The van der Waals surface area contributed by atoms with E-state index >= 15 is 0 Å². The largest absolute Gasteiger partial charge is 0.406 e. The summed E-state index contributed by atoms with van der Waals surface area (Å²) in [7, 11) is -1.67. The smallest absolute Gasteiger partial charge is 0.193 e. The molecule has 19 heavy (non-hydrogen) atoms. The van der Waals surface area contributed by atoms with Crippen molar-refractivity contribution in [3.05, 3.63) is 0 Å². The lowest BCUT2D eigenvalue weighted by Crippen LogP contribution is -2.40. The highest BCUT2D eigenvalue weighted by atomic mass is 28.4. The van der Waals surface area contributed by atoms with Crippen molar-refractivity contribution >= 4 is 8.32 Å². The van der Waals surface area contributed by atoms with Crippen LogP contribution in [0.15, 0.2) is 0 Å². The third-order valence-corrected chi connectivity index (χ3v) is 8.39. The second kappa shape index (κ2) is 7.44. The zero-order chi connectivity index (χ0) is 14.4. The van der Waals surface area contributed by atoms with Crippen LogP contribution >= 0.6 is 0 Å². The minimum atomic E-state index is -1.67. The fraction of sp³-hybridized carbons (Fsp3) is 0.867. The summed E-state index contributed by atoms with van der Waals surface area (Å²) in [6, 6.07) is 0. The molecule has 1 rings (SSSR count). The average molecular weight is 284 g/mol. The van der Waals surface area contributed by atoms with Gasteiger partial charge in [0.15, 0.2) is 14.6 Å². The molecule has 0 aromatic rings. The van der Waals surface area contributed by atoms with Gasteiger partial charge in [0.05, 0.1) is 6.61 Å². The molecule has 110 valence electrons. The van der Waals surface area contributed by atoms with Crippen molar-refractivity contribution in [2.75, 3.05) is 19.8 Å². The minimum Gasteiger partial charge on any atom is -0.406 e. The Morgan fingerprint density at radius 1 is 1.16 bits per heavy atom. The molecule has 1 atom stereocenters. The highest BCUT2D eigenvalue weighted by Gasteiger charge is 2.36. The number of hydrogen-bond acceptors (Lipinski definition) is 3. The van der Waals surface area contributed by atoms with Gasteiger partial charge in [-0.3, -0.25) is 0 Å². The molecule has 0 N–H and O–H groups in total. The molecular formula is C15H28O3Si. The Bertz CT molecular complexity index is 317. The van der Waals surface area contributed by atoms with Gasteiger partial charge in [0.25, 0.3) is 0 Å². The summed E-state index contributed by atoms with van der Waals surface area (Å²) >= 11 is 0. The second-order valence-corrected chi connectivity index (χ2v) is 11.3. The van der Waals surface area contributed by atoms with Gasteiger partial charge in [0, 0.05) is 6.61 Å². The van der Waals surface area contributed by atoms with E-state index in [9.17, 15) is 0 Å². The molecule has 0 aliphatic carbocycles. The molecule has 1 aliphatic rings. The van der Waals surface area contributed by atoms with Crippen molar-refractivity contribution < 1.29 is 13.9 Å².